The quantitative estimate of drug-likeness (QED) is 0.880. The lowest BCUT2D eigenvalue weighted by Gasteiger charge is -2.38. The van der Waals surface area contributed by atoms with E-state index in [0.717, 1.165) is 5.56 Å². The van der Waals surface area contributed by atoms with Crippen LogP contribution in [0, 0.1) is 5.41 Å². The Kier molecular flexibility index (Phi) is 5.19. The van der Waals surface area contributed by atoms with Gasteiger partial charge >= 0.3 is 5.97 Å². The van der Waals surface area contributed by atoms with E-state index in [1.807, 2.05) is 37.6 Å². The Labute approximate surface area is 138 Å². The molecular formula is C15H22N2O3S2. The van der Waals surface area contributed by atoms with Crippen molar-refractivity contribution >= 4 is 35.0 Å². The zero-order chi connectivity index (χ0) is 16.5. The number of thioether (sulfide) groups is 1. The van der Waals surface area contributed by atoms with Crippen molar-refractivity contribution in [3.63, 3.8) is 0 Å². The molecule has 1 aliphatic heterocycles. The number of amides is 1. The number of aliphatic carboxylic acids is 1. The maximum absolute atomic E-state index is 12.6. The Morgan fingerprint density at radius 1 is 1.50 bits per heavy atom. The Morgan fingerprint density at radius 3 is 2.68 bits per heavy atom. The van der Waals surface area contributed by atoms with Crippen LogP contribution >= 0.6 is 23.1 Å². The van der Waals surface area contributed by atoms with Crippen molar-refractivity contribution in [2.45, 2.75) is 38.1 Å². The molecular weight excluding hydrogens is 320 g/mol. The number of carboxylic acid groups (broad SMARTS) is 1. The second-order valence-electron chi connectivity index (χ2n) is 6.58. The fraction of sp³-hybridized carbons (Fsp3) is 0.600. The Hall–Kier alpha value is -1.05. The molecule has 1 amide bonds. The lowest BCUT2D eigenvalue weighted by atomic mass is 9.85. The smallest absolute Gasteiger partial charge is 0.326 e. The molecule has 5 nitrogen and oxygen atoms in total. The molecule has 1 fully saturated rings. The zero-order valence-electron chi connectivity index (χ0n) is 13.0. The molecule has 0 aromatic carbocycles. The van der Waals surface area contributed by atoms with E-state index < -0.39 is 23.5 Å². The van der Waals surface area contributed by atoms with Gasteiger partial charge in [0.05, 0.1) is 6.04 Å². The van der Waals surface area contributed by atoms with E-state index in [0.29, 0.717) is 12.3 Å². The molecule has 3 atom stereocenters. The minimum atomic E-state index is -0.982. The summed E-state index contributed by atoms with van der Waals surface area (Å²) in [6.07, 6.45) is 0. The third-order valence-electron chi connectivity index (χ3n) is 3.72. The molecule has 2 heterocycles. The van der Waals surface area contributed by atoms with Gasteiger partial charge in [-0.15, -0.1) is 11.8 Å². The first-order valence-electron chi connectivity index (χ1n) is 7.14. The third-order valence-corrected chi connectivity index (χ3v) is 5.80. The van der Waals surface area contributed by atoms with Crippen LogP contribution in [0.25, 0.3) is 0 Å². The summed E-state index contributed by atoms with van der Waals surface area (Å²) in [7, 11) is 0. The largest absolute Gasteiger partial charge is 0.480 e. The number of thiophene rings is 1. The number of rotatable bonds is 3. The molecule has 0 bridgehead atoms. The molecule has 22 heavy (non-hydrogen) atoms. The molecule has 0 saturated carbocycles. The first kappa shape index (κ1) is 17.3. The zero-order valence-corrected chi connectivity index (χ0v) is 14.6. The van der Waals surface area contributed by atoms with Crippen LogP contribution in [0.3, 0.4) is 0 Å². The van der Waals surface area contributed by atoms with Gasteiger partial charge in [-0.1, -0.05) is 20.8 Å². The molecule has 7 heteroatoms. The molecule has 3 unspecified atom stereocenters. The average molecular weight is 342 g/mol. The SMILES string of the molecule is CC(C)(C)C(C(=O)O)N1CC(c2ccsc2)SCC(N)C1=O. The first-order valence-corrected chi connectivity index (χ1v) is 9.13. The van der Waals surface area contributed by atoms with Crippen LogP contribution in [0.1, 0.15) is 31.6 Å². The highest BCUT2D eigenvalue weighted by Crippen LogP contribution is 2.37. The van der Waals surface area contributed by atoms with E-state index >= 15 is 0 Å². The van der Waals surface area contributed by atoms with Gasteiger partial charge in [0.15, 0.2) is 0 Å². The Morgan fingerprint density at radius 2 is 2.18 bits per heavy atom. The van der Waals surface area contributed by atoms with Gasteiger partial charge in [-0.05, 0) is 27.8 Å². The molecule has 0 radical (unpaired) electrons. The predicted octanol–water partition coefficient (Wildman–Crippen LogP) is 2.19. The number of carbonyl (C=O) groups excluding carboxylic acids is 1. The number of nitrogens with two attached hydrogens (primary N) is 1. The normalized spacial score (nSPS) is 24.9. The van der Waals surface area contributed by atoms with Crippen molar-refractivity contribution in [2.75, 3.05) is 12.3 Å². The molecule has 1 aromatic rings. The monoisotopic (exact) mass is 342 g/mol. The maximum Gasteiger partial charge on any atom is 0.326 e. The lowest BCUT2D eigenvalue weighted by Crippen LogP contribution is -2.56. The van der Waals surface area contributed by atoms with Crippen molar-refractivity contribution in [1.82, 2.24) is 4.90 Å². The van der Waals surface area contributed by atoms with E-state index in [4.69, 9.17) is 5.73 Å². The summed E-state index contributed by atoms with van der Waals surface area (Å²) < 4.78 is 0. The van der Waals surface area contributed by atoms with Crippen LogP contribution in [0.2, 0.25) is 0 Å². The Bertz CT molecular complexity index is 539. The topological polar surface area (TPSA) is 83.6 Å². The summed E-state index contributed by atoms with van der Waals surface area (Å²) in [6.45, 7) is 5.88. The van der Waals surface area contributed by atoms with Gasteiger partial charge in [0.2, 0.25) is 5.91 Å². The van der Waals surface area contributed by atoms with E-state index in [2.05, 4.69) is 0 Å². The number of carbonyl (C=O) groups is 2. The van der Waals surface area contributed by atoms with E-state index in [1.54, 1.807) is 23.1 Å². The molecule has 3 N–H and O–H groups in total. The molecule has 2 rings (SSSR count). The van der Waals surface area contributed by atoms with Gasteiger partial charge in [0.25, 0.3) is 0 Å². The molecule has 0 aliphatic carbocycles. The van der Waals surface area contributed by atoms with E-state index in [9.17, 15) is 14.7 Å². The van der Waals surface area contributed by atoms with Gasteiger partial charge < -0.3 is 15.7 Å². The maximum atomic E-state index is 12.6. The van der Waals surface area contributed by atoms with Crippen molar-refractivity contribution in [2.24, 2.45) is 11.1 Å². The van der Waals surface area contributed by atoms with Gasteiger partial charge in [-0.25, -0.2) is 4.79 Å². The van der Waals surface area contributed by atoms with Crippen molar-refractivity contribution in [3.05, 3.63) is 22.4 Å². The van der Waals surface area contributed by atoms with Crippen molar-refractivity contribution in [1.29, 1.82) is 0 Å². The highest BCUT2D eigenvalue weighted by atomic mass is 32.2. The molecule has 1 aromatic heterocycles. The second kappa shape index (κ2) is 6.60. The van der Waals surface area contributed by atoms with Crippen LogP contribution in [0.5, 0.6) is 0 Å². The van der Waals surface area contributed by atoms with Crippen LogP contribution < -0.4 is 5.73 Å². The first-order chi connectivity index (χ1) is 10.2. The van der Waals surface area contributed by atoms with Crippen LogP contribution in [-0.4, -0.2) is 46.3 Å². The number of carboxylic acids is 1. The second-order valence-corrected chi connectivity index (χ2v) is 8.60. The minimum absolute atomic E-state index is 0.0629. The van der Waals surface area contributed by atoms with Gasteiger partial charge in [0.1, 0.15) is 6.04 Å². The molecule has 1 aliphatic rings. The molecule has 1 saturated heterocycles. The molecule has 0 spiro atoms. The fourth-order valence-electron chi connectivity index (χ4n) is 2.69. The van der Waals surface area contributed by atoms with Crippen LogP contribution in [-0.2, 0) is 9.59 Å². The number of hydrogen-bond donors (Lipinski definition) is 2. The fourth-order valence-corrected chi connectivity index (χ4v) is 4.68. The standard InChI is InChI=1S/C15H22N2O3S2/c1-15(2,3)12(14(19)20)17-6-11(9-4-5-21-7-9)22-8-10(16)13(17)18/h4-5,7,10-12H,6,8,16H2,1-3H3,(H,19,20). The van der Waals surface area contributed by atoms with Gasteiger partial charge in [0, 0.05) is 17.5 Å². The number of nitrogens with zero attached hydrogens (tertiary/aromatic N) is 1. The predicted molar refractivity (Wildman–Crippen MR) is 90.1 cm³/mol. The highest BCUT2D eigenvalue weighted by Gasteiger charge is 2.43. The summed E-state index contributed by atoms with van der Waals surface area (Å²) in [5.74, 6) is -0.747. The number of hydrogen-bond acceptors (Lipinski definition) is 5. The lowest BCUT2D eigenvalue weighted by molar-refractivity contribution is -0.155. The summed E-state index contributed by atoms with van der Waals surface area (Å²) >= 11 is 3.22. The summed E-state index contributed by atoms with van der Waals surface area (Å²) in [6, 6.07) is 0.484. The summed E-state index contributed by atoms with van der Waals surface area (Å²) in [5.41, 5.74) is 6.53. The summed E-state index contributed by atoms with van der Waals surface area (Å²) in [4.78, 5) is 25.8. The molecule has 122 valence electrons. The van der Waals surface area contributed by atoms with E-state index in [-0.39, 0.29) is 11.2 Å². The van der Waals surface area contributed by atoms with Crippen molar-refractivity contribution in [3.8, 4) is 0 Å². The Balaban J connectivity index is 2.36. The van der Waals surface area contributed by atoms with Crippen molar-refractivity contribution < 1.29 is 14.7 Å². The van der Waals surface area contributed by atoms with Gasteiger partial charge in [-0.2, -0.15) is 11.3 Å². The van der Waals surface area contributed by atoms with Gasteiger partial charge in [-0.3, -0.25) is 4.79 Å². The highest BCUT2D eigenvalue weighted by molar-refractivity contribution is 7.99. The van der Waals surface area contributed by atoms with E-state index in [1.165, 1.54) is 4.90 Å². The third kappa shape index (κ3) is 3.64. The summed E-state index contributed by atoms with van der Waals surface area (Å²) in [5, 5.41) is 13.7. The average Bonchev–Trinajstić information content (AvgIpc) is 2.88. The minimum Gasteiger partial charge on any atom is -0.480 e. The van der Waals surface area contributed by atoms with Crippen LogP contribution in [0.4, 0.5) is 0 Å². The van der Waals surface area contributed by atoms with Crippen LogP contribution in [0.15, 0.2) is 16.8 Å².